The van der Waals surface area contributed by atoms with Crippen LogP contribution in [0.2, 0.25) is 0 Å². The van der Waals surface area contributed by atoms with Crippen LogP contribution in [0.4, 0.5) is 0 Å². The van der Waals surface area contributed by atoms with Crippen molar-refractivity contribution in [3.8, 4) is 0 Å². The predicted molar refractivity (Wildman–Crippen MR) is 87.4 cm³/mol. The first-order valence-corrected chi connectivity index (χ1v) is 8.11. The number of hydrogen-bond acceptors (Lipinski definition) is 4. The maximum atomic E-state index is 12.4. The molecule has 1 aliphatic heterocycles. The molecule has 1 aromatic rings. The maximum absolute atomic E-state index is 12.4. The summed E-state index contributed by atoms with van der Waals surface area (Å²) < 4.78 is 1.86. The molecular formula is C15H26ClN5O. The summed E-state index contributed by atoms with van der Waals surface area (Å²) in [5, 5.41) is 14.7. The molecule has 22 heavy (non-hydrogen) atoms. The lowest BCUT2D eigenvalue weighted by molar-refractivity contribution is 0.0877. The molecule has 0 atom stereocenters. The van der Waals surface area contributed by atoms with Gasteiger partial charge in [-0.3, -0.25) is 4.79 Å². The van der Waals surface area contributed by atoms with Crippen LogP contribution in [-0.4, -0.2) is 39.5 Å². The van der Waals surface area contributed by atoms with Crippen LogP contribution in [0.3, 0.4) is 0 Å². The molecule has 2 fully saturated rings. The lowest BCUT2D eigenvalue weighted by Crippen LogP contribution is -2.47. The van der Waals surface area contributed by atoms with E-state index in [-0.39, 0.29) is 23.9 Å². The molecule has 2 heterocycles. The molecule has 0 aromatic carbocycles. The standard InChI is InChI=1S/C15H25N5O.ClH/c1-15(7-3-2-4-8-15)17-14(21)13-11-20(19-18-13)12-5-9-16-10-6-12;/h11-12,16H,2-10H2,1H3,(H,17,21);1H. The Kier molecular flexibility index (Phi) is 5.81. The van der Waals surface area contributed by atoms with Crippen molar-refractivity contribution in [2.75, 3.05) is 13.1 Å². The van der Waals surface area contributed by atoms with Gasteiger partial charge in [-0.05, 0) is 45.7 Å². The summed E-state index contributed by atoms with van der Waals surface area (Å²) in [6, 6.07) is 0.366. The first-order chi connectivity index (χ1) is 10.2. The van der Waals surface area contributed by atoms with Crippen molar-refractivity contribution in [1.29, 1.82) is 0 Å². The van der Waals surface area contributed by atoms with Crippen LogP contribution in [0.25, 0.3) is 0 Å². The van der Waals surface area contributed by atoms with E-state index in [0.717, 1.165) is 38.8 Å². The van der Waals surface area contributed by atoms with Crippen LogP contribution in [-0.2, 0) is 0 Å². The zero-order valence-corrected chi connectivity index (χ0v) is 14.0. The molecule has 1 amide bonds. The summed E-state index contributed by atoms with van der Waals surface area (Å²) in [7, 11) is 0. The lowest BCUT2D eigenvalue weighted by atomic mass is 9.83. The number of nitrogens with one attached hydrogen (secondary N) is 2. The van der Waals surface area contributed by atoms with Crippen molar-refractivity contribution < 1.29 is 4.79 Å². The van der Waals surface area contributed by atoms with Gasteiger partial charge in [-0.1, -0.05) is 24.5 Å². The molecule has 0 spiro atoms. The van der Waals surface area contributed by atoms with Gasteiger partial charge in [0.1, 0.15) is 0 Å². The Morgan fingerprint density at radius 3 is 2.68 bits per heavy atom. The van der Waals surface area contributed by atoms with Gasteiger partial charge in [0.2, 0.25) is 0 Å². The van der Waals surface area contributed by atoms with Crippen LogP contribution < -0.4 is 10.6 Å². The highest BCUT2D eigenvalue weighted by Crippen LogP contribution is 2.27. The molecule has 0 bridgehead atoms. The number of carbonyl (C=O) groups excluding carboxylic acids is 1. The van der Waals surface area contributed by atoms with E-state index in [1.807, 2.05) is 4.68 Å². The minimum atomic E-state index is -0.0837. The second kappa shape index (κ2) is 7.42. The second-order valence-electron chi connectivity index (χ2n) is 6.64. The average Bonchev–Trinajstić information content (AvgIpc) is 2.98. The number of piperidine rings is 1. The summed E-state index contributed by atoms with van der Waals surface area (Å²) in [5.74, 6) is -0.0837. The van der Waals surface area contributed by atoms with E-state index >= 15 is 0 Å². The Labute approximate surface area is 137 Å². The fraction of sp³-hybridized carbons (Fsp3) is 0.800. The van der Waals surface area contributed by atoms with Gasteiger partial charge < -0.3 is 10.6 Å². The van der Waals surface area contributed by atoms with Gasteiger partial charge in [-0.15, -0.1) is 17.5 Å². The van der Waals surface area contributed by atoms with Crippen molar-refractivity contribution in [3.63, 3.8) is 0 Å². The van der Waals surface area contributed by atoms with Crippen LogP contribution >= 0.6 is 12.4 Å². The summed E-state index contributed by atoms with van der Waals surface area (Å²) in [6.07, 6.45) is 9.67. The molecule has 1 saturated heterocycles. The summed E-state index contributed by atoms with van der Waals surface area (Å²) in [6.45, 7) is 4.15. The largest absolute Gasteiger partial charge is 0.345 e. The van der Waals surface area contributed by atoms with Crippen molar-refractivity contribution in [1.82, 2.24) is 25.6 Å². The van der Waals surface area contributed by atoms with Gasteiger partial charge in [0.05, 0.1) is 12.2 Å². The molecule has 2 N–H and O–H groups in total. The van der Waals surface area contributed by atoms with E-state index in [9.17, 15) is 4.79 Å². The third kappa shape index (κ3) is 3.98. The molecule has 124 valence electrons. The molecule has 1 aromatic heterocycles. The fourth-order valence-electron chi connectivity index (χ4n) is 3.43. The van der Waals surface area contributed by atoms with E-state index in [0.29, 0.717) is 11.7 Å². The summed E-state index contributed by atoms with van der Waals surface area (Å²) in [5.41, 5.74) is 0.369. The topological polar surface area (TPSA) is 71.8 Å². The molecule has 6 nitrogen and oxygen atoms in total. The van der Waals surface area contributed by atoms with Gasteiger partial charge in [-0.2, -0.15) is 0 Å². The van der Waals surface area contributed by atoms with Gasteiger partial charge in [0, 0.05) is 5.54 Å². The quantitative estimate of drug-likeness (QED) is 0.891. The van der Waals surface area contributed by atoms with Crippen LogP contribution in [0.1, 0.15) is 68.4 Å². The number of amides is 1. The van der Waals surface area contributed by atoms with E-state index in [2.05, 4.69) is 27.9 Å². The monoisotopic (exact) mass is 327 g/mol. The summed E-state index contributed by atoms with van der Waals surface area (Å²) in [4.78, 5) is 12.4. The summed E-state index contributed by atoms with van der Waals surface area (Å²) >= 11 is 0. The van der Waals surface area contributed by atoms with Crippen LogP contribution in [0.5, 0.6) is 0 Å². The van der Waals surface area contributed by atoms with Crippen LogP contribution in [0.15, 0.2) is 6.20 Å². The van der Waals surface area contributed by atoms with Crippen molar-refractivity contribution in [3.05, 3.63) is 11.9 Å². The predicted octanol–water partition coefficient (Wildman–Crippen LogP) is 2.08. The number of halogens is 1. The Balaban J connectivity index is 0.00000176. The fourth-order valence-corrected chi connectivity index (χ4v) is 3.43. The number of nitrogens with zero attached hydrogens (tertiary/aromatic N) is 3. The Morgan fingerprint density at radius 2 is 2.00 bits per heavy atom. The SMILES string of the molecule is CC1(NC(=O)c2cn(C3CCNCC3)nn2)CCCCC1.Cl. The first-order valence-electron chi connectivity index (χ1n) is 8.11. The van der Waals surface area contributed by atoms with E-state index < -0.39 is 0 Å². The van der Waals surface area contributed by atoms with Crippen molar-refractivity contribution in [2.24, 2.45) is 0 Å². The highest BCUT2D eigenvalue weighted by Gasteiger charge is 2.29. The second-order valence-corrected chi connectivity index (χ2v) is 6.64. The molecular weight excluding hydrogens is 302 g/mol. The molecule has 1 aliphatic carbocycles. The normalized spacial score (nSPS) is 21.9. The van der Waals surface area contributed by atoms with E-state index in [1.54, 1.807) is 6.20 Å². The number of aromatic nitrogens is 3. The minimum Gasteiger partial charge on any atom is -0.345 e. The molecule has 3 rings (SSSR count). The molecule has 0 radical (unpaired) electrons. The average molecular weight is 328 g/mol. The third-order valence-electron chi connectivity index (χ3n) is 4.80. The van der Waals surface area contributed by atoms with Gasteiger partial charge in [-0.25, -0.2) is 4.68 Å². The smallest absolute Gasteiger partial charge is 0.273 e. The zero-order chi connectivity index (χ0) is 14.7. The van der Waals surface area contributed by atoms with Crippen molar-refractivity contribution in [2.45, 2.75) is 63.5 Å². The van der Waals surface area contributed by atoms with Gasteiger partial charge in [0.25, 0.3) is 5.91 Å². The number of hydrogen-bond donors (Lipinski definition) is 2. The molecule has 0 unspecified atom stereocenters. The molecule has 2 aliphatic rings. The third-order valence-corrected chi connectivity index (χ3v) is 4.80. The van der Waals surface area contributed by atoms with E-state index in [4.69, 9.17) is 0 Å². The Bertz CT molecular complexity index is 492. The van der Waals surface area contributed by atoms with Crippen LogP contribution in [0, 0.1) is 0 Å². The van der Waals surface area contributed by atoms with E-state index in [1.165, 1.54) is 19.3 Å². The maximum Gasteiger partial charge on any atom is 0.273 e. The van der Waals surface area contributed by atoms with Crippen molar-refractivity contribution >= 4 is 18.3 Å². The van der Waals surface area contributed by atoms with Gasteiger partial charge in [0.15, 0.2) is 5.69 Å². The molecule has 1 saturated carbocycles. The lowest BCUT2D eigenvalue weighted by Gasteiger charge is -2.34. The number of carbonyl (C=O) groups is 1. The highest BCUT2D eigenvalue weighted by molar-refractivity contribution is 5.92. The molecule has 7 heteroatoms. The Morgan fingerprint density at radius 1 is 1.32 bits per heavy atom. The zero-order valence-electron chi connectivity index (χ0n) is 13.2. The first kappa shape index (κ1) is 17.2. The minimum absolute atomic E-state index is 0. The van der Waals surface area contributed by atoms with Gasteiger partial charge >= 0.3 is 0 Å². The Hall–Kier alpha value is -1.14. The highest BCUT2D eigenvalue weighted by atomic mass is 35.5. The number of rotatable bonds is 3.